The van der Waals surface area contributed by atoms with Gasteiger partial charge in [0.25, 0.3) is 0 Å². The van der Waals surface area contributed by atoms with Gasteiger partial charge in [0.05, 0.1) is 17.1 Å². The van der Waals surface area contributed by atoms with E-state index in [4.69, 9.17) is 5.11 Å². The van der Waals surface area contributed by atoms with Crippen molar-refractivity contribution in [2.24, 2.45) is 0 Å². The van der Waals surface area contributed by atoms with Gasteiger partial charge in [-0.15, -0.1) is 11.8 Å². The van der Waals surface area contributed by atoms with Crippen LogP contribution in [0.1, 0.15) is 10.4 Å². The second-order valence-corrected chi connectivity index (χ2v) is 4.52. The van der Waals surface area contributed by atoms with Crippen LogP contribution < -0.4 is 5.32 Å². The Bertz CT molecular complexity index is 459. The Kier molecular flexibility index (Phi) is 5.22. The topological polar surface area (TPSA) is 66.4 Å². The Morgan fingerprint density at radius 1 is 1.21 bits per heavy atom. The molecule has 0 aliphatic carbocycles. The van der Waals surface area contributed by atoms with Crippen LogP contribution in [0.2, 0.25) is 0 Å². The molecule has 8 heteroatoms. The van der Waals surface area contributed by atoms with E-state index in [1.54, 1.807) is 0 Å². The Morgan fingerprint density at radius 2 is 1.79 bits per heavy atom. The summed E-state index contributed by atoms with van der Waals surface area (Å²) in [5.74, 6) is -3.07. The lowest BCUT2D eigenvalue weighted by atomic mass is 10.2. The Hall–Kier alpha value is -1.70. The van der Waals surface area contributed by atoms with Crippen molar-refractivity contribution < 1.29 is 27.9 Å². The lowest BCUT2D eigenvalue weighted by molar-refractivity contribution is -0.113. The number of thioether (sulfide) groups is 1. The van der Waals surface area contributed by atoms with Gasteiger partial charge in [0.2, 0.25) is 5.91 Å². The molecular formula is C11H10F3NO3S. The fourth-order valence-corrected chi connectivity index (χ4v) is 1.74. The zero-order valence-corrected chi connectivity index (χ0v) is 10.3. The van der Waals surface area contributed by atoms with Gasteiger partial charge in [-0.1, -0.05) is 0 Å². The van der Waals surface area contributed by atoms with Crippen LogP contribution in [0.15, 0.2) is 24.3 Å². The molecule has 0 aromatic heterocycles. The second-order valence-electron chi connectivity index (χ2n) is 3.54. The molecule has 0 aliphatic rings. The standard InChI is InChI=1S/C11H10F3NO3S/c12-11(13,14)6-19-5-9(16)15-8-3-1-7(2-4-8)10(17)18/h1-4H,5-6H2,(H,15,16)(H,17,18). The minimum Gasteiger partial charge on any atom is -0.478 e. The van der Waals surface area contributed by atoms with E-state index < -0.39 is 23.8 Å². The third-order valence-corrected chi connectivity index (χ3v) is 2.91. The molecule has 0 heterocycles. The molecule has 19 heavy (non-hydrogen) atoms. The lowest BCUT2D eigenvalue weighted by Crippen LogP contribution is -2.17. The number of amides is 1. The van der Waals surface area contributed by atoms with Crippen LogP contribution in [0.25, 0.3) is 0 Å². The molecule has 0 fully saturated rings. The molecule has 0 bridgehead atoms. The largest absolute Gasteiger partial charge is 0.478 e. The van der Waals surface area contributed by atoms with Gasteiger partial charge in [-0.2, -0.15) is 13.2 Å². The maximum Gasteiger partial charge on any atom is 0.397 e. The fraction of sp³-hybridized carbons (Fsp3) is 0.273. The number of anilines is 1. The number of carbonyl (C=O) groups excluding carboxylic acids is 1. The molecule has 0 spiro atoms. The summed E-state index contributed by atoms with van der Waals surface area (Å²) in [6, 6.07) is 5.33. The minimum atomic E-state index is -4.30. The van der Waals surface area contributed by atoms with E-state index in [1.165, 1.54) is 24.3 Å². The molecule has 0 unspecified atom stereocenters. The number of carboxylic acids is 1. The summed E-state index contributed by atoms with van der Waals surface area (Å²) in [7, 11) is 0. The van der Waals surface area contributed by atoms with Gasteiger partial charge in [0.1, 0.15) is 0 Å². The predicted octanol–water partition coefficient (Wildman–Crippen LogP) is 2.62. The Labute approximate surface area is 111 Å². The molecule has 104 valence electrons. The van der Waals surface area contributed by atoms with E-state index in [2.05, 4.69) is 5.32 Å². The van der Waals surface area contributed by atoms with Crippen molar-refractivity contribution in [1.29, 1.82) is 0 Å². The summed E-state index contributed by atoms with van der Waals surface area (Å²) >= 11 is 0.464. The summed E-state index contributed by atoms with van der Waals surface area (Å²) < 4.78 is 35.5. The van der Waals surface area contributed by atoms with Crippen LogP contribution in [-0.2, 0) is 4.79 Å². The average Bonchev–Trinajstić information content (AvgIpc) is 2.27. The second kappa shape index (κ2) is 6.46. The van der Waals surface area contributed by atoms with Crippen molar-refractivity contribution in [2.45, 2.75) is 6.18 Å². The van der Waals surface area contributed by atoms with Crippen molar-refractivity contribution >= 4 is 29.3 Å². The third-order valence-electron chi connectivity index (χ3n) is 1.91. The van der Waals surface area contributed by atoms with Crippen LogP contribution in [0.3, 0.4) is 0 Å². The quantitative estimate of drug-likeness (QED) is 0.875. The molecule has 4 nitrogen and oxygen atoms in total. The van der Waals surface area contributed by atoms with Crippen molar-refractivity contribution in [2.75, 3.05) is 16.8 Å². The minimum absolute atomic E-state index is 0.0597. The summed E-state index contributed by atoms with van der Waals surface area (Å²) in [5, 5.41) is 11.0. The zero-order chi connectivity index (χ0) is 14.5. The van der Waals surface area contributed by atoms with E-state index in [9.17, 15) is 22.8 Å². The maximum absolute atomic E-state index is 11.8. The summed E-state index contributed by atoms with van der Waals surface area (Å²) in [6.45, 7) is 0. The van der Waals surface area contributed by atoms with E-state index in [1.807, 2.05) is 0 Å². The van der Waals surface area contributed by atoms with E-state index in [0.29, 0.717) is 17.4 Å². The first kappa shape index (κ1) is 15.4. The third kappa shape index (κ3) is 6.14. The summed E-state index contributed by atoms with van der Waals surface area (Å²) in [5.41, 5.74) is 0.395. The maximum atomic E-state index is 11.8. The lowest BCUT2D eigenvalue weighted by Gasteiger charge is -2.07. The highest BCUT2D eigenvalue weighted by atomic mass is 32.2. The molecule has 2 N–H and O–H groups in total. The molecule has 1 aromatic rings. The summed E-state index contributed by atoms with van der Waals surface area (Å²) in [4.78, 5) is 21.9. The highest BCUT2D eigenvalue weighted by Crippen LogP contribution is 2.21. The Balaban J connectivity index is 2.42. The van der Waals surface area contributed by atoms with Gasteiger partial charge in [-0.25, -0.2) is 4.79 Å². The van der Waals surface area contributed by atoms with E-state index in [0.717, 1.165) is 0 Å². The first-order valence-corrected chi connectivity index (χ1v) is 6.21. The highest BCUT2D eigenvalue weighted by Gasteiger charge is 2.27. The predicted molar refractivity (Wildman–Crippen MR) is 65.4 cm³/mol. The van der Waals surface area contributed by atoms with E-state index >= 15 is 0 Å². The van der Waals surface area contributed by atoms with Gasteiger partial charge in [0, 0.05) is 5.69 Å². The molecule has 0 aliphatic heterocycles. The number of nitrogens with one attached hydrogen (secondary N) is 1. The van der Waals surface area contributed by atoms with Gasteiger partial charge in [-0.05, 0) is 24.3 Å². The first-order valence-electron chi connectivity index (χ1n) is 5.05. The molecule has 1 rings (SSSR count). The van der Waals surface area contributed by atoms with Gasteiger partial charge < -0.3 is 10.4 Å². The number of alkyl halides is 3. The molecule has 0 saturated heterocycles. The number of aromatic carboxylic acids is 1. The fourth-order valence-electron chi connectivity index (χ4n) is 1.15. The number of benzene rings is 1. The van der Waals surface area contributed by atoms with Crippen LogP contribution in [0, 0.1) is 0 Å². The molecule has 0 atom stereocenters. The first-order chi connectivity index (χ1) is 8.78. The summed E-state index contributed by atoms with van der Waals surface area (Å²) in [6.07, 6.45) is -4.30. The van der Waals surface area contributed by atoms with Gasteiger partial charge >= 0.3 is 12.1 Å². The normalized spacial score (nSPS) is 11.1. The smallest absolute Gasteiger partial charge is 0.397 e. The monoisotopic (exact) mass is 293 g/mol. The van der Waals surface area contributed by atoms with E-state index in [-0.39, 0.29) is 11.3 Å². The van der Waals surface area contributed by atoms with Crippen LogP contribution in [-0.4, -0.2) is 34.7 Å². The molecule has 0 radical (unpaired) electrons. The van der Waals surface area contributed by atoms with Crippen molar-refractivity contribution in [3.05, 3.63) is 29.8 Å². The number of halogens is 3. The van der Waals surface area contributed by atoms with Gasteiger partial charge in [-0.3, -0.25) is 4.79 Å². The molecule has 0 saturated carbocycles. The van der Waals surface area contributed by atoms with Crippen molar-refractivity contribution in [3.63, 3.8) is 0 Å². The number of carboxylic acid groups (broad SMARTS) is 1. The number of hydrogen-bond acceptors (Lipinski definition) is 3. The molecule has 1 amide bonds. The average molecular weight is 293 g/mol. The van der Waals surface area contributed by atoms with Crippen LogP contribution in [0.4, 0.5) is 18.9 Å². The Morgan fingerprint density at radius 3 is 2.26 bits per heavy atom. The highest BCUT2D eigenvalue weighted by molar-refractivity contribution is 8.00. The van der Waals surface area contributed by atoms with Crippen molar-refractivity contribution in [1.82, 2.24) is 0 Å². The van der Waals surface area contributed by atoms with Gasteiger partial charge in [0.15, 0.2) is 0 Å². The van der Waals surface area contributed by atoms with Crippen molar-refractivity contribution in [3.8, 4) is 0 Å². The molecule has 1 aromatic carbocycles. The van der Waals surface area contributed by atoms with Crippen LogP contribution >= 0.6 is 11.8 Å². The number of carbonyl (C=O) groups is 2. The SMILES string of the molecule is O=C(CSCC(F)(F)F)Nc1ccc(C(=O)O)cc1. The number of rotatable bonds is 5. The molecular weight excluding hydrogens is 283 g/mol. The van der Waals surface area contributed by atoms with Crippen LogP contribution in [0.5, 0.6) is 0 Å². The zero-order valence-electron chi connectivity index (χ0n) is 9.53. The number of hydrogen-bond donors (Lipinski definition) is 2.